The van der Waals surface area contributed by atoms with Gasteiger partial charge in [-0.05, 0) is 66.5 Å². The van der Waals surface area contributed by atoms with Crippen molar-refractivity contribution in [2.45, 2.75) is 30.6 Å². The number of nitrogens with one attached hydrogen (secondary N) is 1. The van der Waals surface area contributed by atoms with Crippen LogP contribution >= 0.6 is 11.3 Å². The lowest BCUT2D eigenvalue weighted by Crippen LogP contribution is -2.40. The molecule has 1 saturated heterocycles. The Bertz CT molecular complexity index is 1070. The molecule has 2 aromatic carbocycles. The van der Waals surface area contributed by atoms with E-state index in [1.807, 2.05) is 12.1 Å². The van der Waals surface area contributed by atoms with Crippen molar-refractivity contribution >= 4 is 32.2 Å². The fourth-order valence-electron chi connectivity index (χ4n) is 4.65. The first-order valence-electron chi connectivity index (χ1n) is 9.87. The van der Waals surface area contributed by atoms with Crippen LogP contribution in [0.4, 0.5) is 10.8 Å². The zero-order chi connectivity index (χ0) is 19.9. The molecule has 5 rings (SSSR count). The van der Waals surface area contributed by atoms with Crippen molar-refractivity contribution in [3.8, 4) is 0 Å². The average Bonchev–Trinajstić information content (AvgIpc) is 3.35. The molecule has 0 bridgehead atoms. The number of hydrogen-bond acceptors (Lipinski definition) is 5. The first-order chi connectivity index (χ1) is 14.0. The normalized spacial score (nSPS) is 18.0. The minimum atomic E-state index is -3.60. The van der Waals surface area contributed by atoms with Crippen molar-refractivity contribution < 1.29 is 8.42 Å². The standard InChI is InChI=1S/C22H23N3O2S2/c26-29(27,24-21-23-11-14-28-21)20-7-5-19(6-8-20)25-12-9-22(10-13-25)15-17-3-1-2-4-18(17)16-22/h1-8,11,14H,9-10,12-13,15-16H2,(H,23,24). The van der Waals surface area contributed by atoms with Gasteiger partial charge < -0.3 is 4.90 Å². The number of fused-ring (bicyclic) bond motifs is 1. The molecule has 150 valence electrons. The molecule has 0 atom stereocenters. The number of piperidine rings is 1. The second-order valence-electron chi connectivity index (χ2n) is 8.05. The predicted octanol–water partition coefficient (Wildman–Crippen LogP) is 4.33. The summed E-state index contributed by atoms with van der Waals surface area (Å²) in [7, 11) is -3.60. The quantitative estimate of drug-likeness (QED) is 0.676. The van der Waals surface area contributed by atoms with Gasteiger partial charge in [0.2, 0.25) is 0 Å². The number of aromatic nitrogens is 1. The van der Waals surface area contributed by atoms with Gasteiger partial charge >= 0.3 is 0 Å². The average molecular weight is 426 g/mol. The fraction of sp³-hybridized carbons (Fsp3) is 0.318. The van der Waals surface area contributed by atoms with Gasteiger partial charge in [0.05, 0.1) is 4.90 Å². The SMILES string of the molecule is O=S(=O)(Nc1nccs1)c1ccc(N2CCC3(CC2)Cc2ccccc2C3)cc1. The zero-order valence-electron chi connectivity index (χ0n) is 16.0. The van der Waals surface area contributed by atoms with E-state index in [0.29, 0.717) is 10.5 Å². The highest BCUT2D eigenvalue weighted by Gasteiger charge is 2.39. The molecule has 1 fully saturated rings. The van der Waals surface area contributed by atoms with Crippen LogP contribution in [0.2, 0.25) is 0 Å². The molecule has 1 aliphatic heterocycles. The minimum Gasteiger partial charge on any atom is -0.371 e. The van der Waals surface area contributed by atoms with Gasteiger partial charge in [-0.1, -0.05) is 24.3 Å². The number of thiazole rings is 1. The highest BCUT2D eigenvalue weighted by molar-refractivity contribution is 7.93. The Morgan fingerprint density at radius 2 is 1.62 bits per heavy atom. The Morgan fingerprint density at radius 1 is 0.966 bits per heavy atom. The summed E-state index contributed by atoms with van der Waals surface area (Å²) in [6, 6.07) is 16.0. The van der Waals surface area contributed by atoms with Crippen LogP contribution in [-0.4, -0.2) is 26.5 Å². The highest BCUT2D eigenvalue weighted by atomic mass is 32.2. The summed E-state index contributed by atoms with van der Waals surface area (Å²) in [4.78, 5) is 6.62. The van der Waals surface area contributed by atoms with Gasteiger partial charge in [0.15, 0.2) is 5.13 Å². The van der Waals surface area contributed by atoms with Crippen molar-refractivity contribution in [2.24, 2.45) is 5.41 Å². The van der Waals surface area contributed by atoms with Gasteiger partial charge in [-0.15, -0.1) is 11.3 Å². The summed E-state index contributed by atoms with van der Waals surface area (Å²) in [5.74, 6) is 0. The summed E-state index contributed by atoms with van der Waals surface area (Å²) < 4.78 is 27.5. The summed E-state index contributed by atoms with van der Waals surface area (Å²) >= 11 is 1.27. The molecule has 0 unspecified atom stereocenters. The lowest BCUT2D eigenvalue weighted by atomic mass is 9.76. The van der Waals surface area contributed by atoms with Crippen LogP contribution in [0.1, 0.15) is 24.0 Å². The number of anilines is 2. The minimum absolute atomic E-state index is 0.260. The van der Waals surface area contributed by atoms with Gasteiger partial charge in [0.1, 0.15) is 0 Å². The van der Waals surface area contributed by atoms with Crippen LogP contribution in [-0.2, 0) is 22.9 Å². The van der Waals surface area contributed by atoms with Gasteiger partial charge in [0.25, 0.3) is 10.0 Å². The third-order valence-corrected chi connectivity index (χ3v) is 8.41. The van der Waals surface area contributed by atoms with E-state index in [-0.39, 0.29) is 4.90 Å². The maximum Gasteiger partial charge on any atom is 0.263 e. The Hall–Kier alpha value is -2.38. The molecule has 0 saturated carbocycles. The molecule has 1 N–H and O–H groups in total. The van der Waals surface area contributed by atoms with Crippen molar-refractivity contribution in [2.75, 3.05) is 22.7 Å². The molecule has 2 aliphatic rings. The van der Waals surface area contributed by atoms with E-state index < -0.39 is 10.0 Å². The number of rotatable bonds is 4. The molecule has 3 aromatic rings. The number of sulfonamides is 1. The number of hydrogen-bond donors (Lipinski definition) is 1. The van der Waals surface area contributed by atoms with Crippen molar-refractivity contribution in [3.05, 3.63) is 71.2 Å². The van der Waals surface area contributed by atoms with Crippen LogP contribution in [0, 0.1) is 5.41 Å². The second-order valence-corrected chi connectivity index (χ2v) is 10.6. The van der Waals surface area contributed by atoms with Gasteiger partial charge in [-0.2, -0.15) is 0 Å². The lowest BCUT2D eigenvalue weighted by Gasteiger charge is -2.40. The van der Waals surface area contributed by atoms with Crippen LogP contribution in [0.5, 0.6) is 0 Å². The van der Waals surface area contributed by atoms with Crippen molar-refractivity contribution in [1.82, 2.24) is 4.98 Å². The zero-order valence-corrected chi connectivity index (χ0v) is 17.7. The topological polar surface area (TPSA) is 62.3 Å². The molecule has 1 aromatic heterocycles. The maximum absolute atomic E-state index is 12.5. The molecule has 1 aliphatic carbocycles. The van der Waals surface area contributed by atoms with Crippen LogP contribution in [0.3, 0.4) is 0 Å². The summed E-state index contributed by atoms with van der Waals surface area (Å²) in [5, 5.41) is 2.13. The molecular formula is C22H23N3O2S2. The van der Waals surface area contributed by atoms with Gasteiger partial charge in [-0.3, -0.25) is 4.72 Å². The monoisotopic (exact) mass is 425 g/mol. The first kappa shape index (κ1) is 18.6. The number of benzene rings is 2. The second kappa shape index (κ2) is 7.15. The van der Waals surface area contributed by atoms with E-state index >= 15 is 0 Å². The molecule has 2 heterocycles. The molecular weight excluding hydrogens is 402 g/mol. The Kier molecular flexibility index (Phi) is 4.59. The Labute approximate surface area is 175 Å². The lowest BCUT2D eigenvalue weighted by molar-refractivity contribution is 0.233. The molecule has 0 radical (unpaired) electrons. The smallest absolute Gasteiger partial charge is 0.263 e. The Balaban J connectivity index is 1.25. The molecule has 0 amide bonds. The van der Waals surface area contributed by atoms with Crippen molar-refractivity contribution in [3.63, 3.8) is 0 Å². The predicted molar refractivity (Wildman–Crippen MR) is 117 cm³/mol. The third kappa shape index (κ3) is 3.65. The van der Waals surface area contributed by atoms with Crippen LogP contribution in [0.25, 0.3) is 0 Å². The van der Waals surface area contributed by atoms with Crippen LogP contribution < -0.4 is 9.62 Å². The fourth-order valence-corrected chi connectivity index (χ4v) is 6.44. The number of nitrogens with zero attached hydrogens (tertiary/aromatic N) is 2. The summed E-state index contributed by atoms with van der Waals surface area (Å²) in [6.07, 6.45) is 6.31. The molecule has 5 nitrogen and oxygen atoms in total. The maximum atomic E-state index is 12.5. The van der Waals surface area contributed by atoms with E-state index in [1.165, 1.54) is 48.1 Å². The summed E-state index contributed by atoms with van der Waals surface area (Å²) in [5.41, 5.74) is 4.52. The van der Waals surface area contributed by atoms with E-state index in [9.17, 15) is 8.42 Å². The highest BCUT2D eigenvalue weighted by Crippen LogP contribution is 2.45. The van der Waals surface area contributed by atoms with E-state index in [2.05, 4.69) is 38.9 Å². The largest absolute Gasteiger partial charge is 0.371 e. The summed E-state index contributed by atoms with van der Waals surface area (Å²) in [6.45, 7) is 2.02. The van der Waals surface area contributed by atoms with E-state index in [0.717, 1.165) is 18.8 Å². The molecule has 29 heavy (non-hydrogen) atoms. The van der Waals surface area contributed by atoms with Gasteiger partial charge in [-0.25, -0.2) is 13.4 Å². The Morgan fingerprint density at radius 3 is 2.21 bits per heavy atom. The third-order valence-electron chi connectivity index (χ3n) is 6.24. The first-order valence-corrected chi connectivity index (χ1v) is 12.2. The molecule has 7 heteroatoms. The van der Waals surface area contributed by atoms with Gasteiger partial charge in [0, 0.05) is 30.4 Å². The van der Waals surface area contributed by atoms with E-state index in [1.54, 1.807) is 23.7 Å². The van der Waals surface area contributed by atoms with E-state index in [4.69, 9.17) is 0 Å². The van der Waals surface area contributed by atoms with Crippen LogP contribution in [0.15, 0.2) is 65.0 Å². The molecule has 1 spiro atoms. The van der Waals surface area contributed by atoms with Crippen molar-refractivity contribution in [1.29, 1.82) is 0 Å².